The van der Waals surface area contributed by atoms with Crippen LogP contribution in [0.2, 0.25) is 0 Å². The summed E-state index contributed by atoms with van der Waals surface area (Å²) in [4.78, 5) is 13.5. The fourth-order valence-corrected chi connectivity index (χ4v) is 1.93. The number of hydrogen-bond donors (Lipinski definition) is 2. The maximum atomic E-state index is 11.9. The van der Waals surface area contributed by atoms with Crippen LogP contribution in [0.15, 0.2) is 0 Å². The first-order valence-electron chi connectivity index (χ1n) is 6.04. The molecular weight excluding hydrogens is 220 g/mol. The van der Waals surface area contributed by atoms with Crippen LogP contribution < -0.4 is 5.73 Å². The van der Waals surface area contributed by atoms with Gasteiger partial charge in [0.15, 0.2) is 0 Å². The van der Waals surface area contributed by atoms with Crippen LogP contribution in [-0.2, 0) is 4.74 Å². The molecule has 1 amide bonds. The van der Waals surface area contributed by atoms with E-state index in [4.69, 9.17) is 10.5 Å². The van der Waals surface area contributed by atoms with Crippen molar-refractivity contribution in [2.45, 2.75) is 45.8 Å². The molecule has 1 saturated heterocycles. The van der Waals surface area contributed by atoms with Gasteiger partial charge < -0.3 is 20.5 Å². The lowest BCUT2D eigenvalue weighted by Gasteiger charge is -2.43. The van der Waals surface area contributed by atoms with Gasteiger partial charge in [0.25, 0.3) is 0 Å². The van der Waals surface area contributed by atoms with Gasteiger partial charge >= 0.3 is 6.09 Å². The van der Waals surface area contributed by atoms with E-state index in [0.29, 0.717) is 26.1 Å². The minimum absolute atomic E-state index is 0.330. The Morgan fingerprint density at radius 2 is 2.18 bits per heavy atom. The summed E-state index contributed by atoms with van der Waals surface area (Å²) in [6, 6.07) is 0. The van der Waals surface area contributed by atoms with Gasteiger partial charge in [0.05, 0.1) is 6.10 Å². The average Bonchev–Trinajstić information content (AvgIpc) is 2.19. The van der Waals surface area contributed by atoms with Gasteiger partial charge in [-0.1, -0.05) is 6.92 Å². The maximum absolute atomic E-state index is 11.9. The molecule has 1 rings (SSSR count). The van der Waals surface area contributed by atoms with E-state index in [1.165, 1.54) is 0 Å². The number of nitrogens with zero attached hydrogens (tertiary/aromatic N) is 1. The smallest absolute Gasteiger partial charge is 0.410 e. The van der Waals surface area contributed by atoms with Gasteiger partial charge in [0, 0.05) is 25.0 Å². The molecule has 2 atom stereocenters. The van der Waals surface area contributed by atoms with E-state index in [1.54, 1.807) is 4.90 Å². The van der Waals surface area contributed by atoms with E-state index >= 15 is 0 Å². The molecule has 1 fully saturated rings. The zero-order valence-electron chi connectivity index (χ0n) is 11.2. The summed E-state index contributed by atoms with van der Waals surface area (Å²) in [5, 5.41) is 9.90. The lowest BCUT2D eigenvalue weighted by molar-refractivity contribution is -0.0416. The summed E-state index contributed by atoms with van der Waals surface area (Å²) in [7, 11) is 0. The number of rotatable bonds is 1. The van der Waals surface area contributed by atoms with Crippen molar-refractivity contribution in [1.82, 2.24) is 4.90 Å². The summed E-state index contributed by atoms with van der Waals surface area (Å²) in [5.41, 5.74) is 4.75. The second-order valence-corrected chi connectivity index (χ2v) is 6.06. The van der Waals surface area contributed by atoms with E-state index in [-0.39, 0.29) is 6.09 Å². The second-order valence-electron chi connectivity index (χ2n) is 6.06. The molecule has 0 aromatic rings. The fourth-order valence-electron chi connectivity index (χ4n) is 1.93. The molecule has 1 aliphatic heterocycles. The van der Waals surface area contributed by atoms with Crippen LogP contribution in [0.1, 0.15) is 34.1 Å². The minimum Gasteiger partial charge on any atom is -0.444 e. The van der Waals surface area contributed by atoms with E-state index in [0.717, 1.165) is 0 Å². The zero-order valence-corrected chi connectivity index (χ0v) is 11.2. The highest BCUT2D eigenvalue weighted by molar-refractivity contribution is 5.68. The van der Waals surface area contributed by atoms with Crippen molar-refractivity contribution in [3.05, 3.63) is 0 Å². The molecule has 100 valence electrons. The summed E-state index contributed by atoms with van der Waals surface area (Å²) in [5.74, 6) is 0. The third-order valence-corrected chi connectivity index (χ3v) is 3.15. The lowest BCUT2D eigenvalue weighted by atomic mass is 9.79. The molecule has 0 aliphatic carbocycles. The highest BCUT2D eigenvalue weighted by Crippen LogP contribution is 2.29. The largest absolute Gasteiger partial charge is 0.444 e. The van der Waals surface area contributed by atoms with Crippen LogP contribution in [0.5, 0.6) is 0 Å². The number of aliphatic hydroxyl groups excluding tert-OH is 1. The summed E-state index contributed by atoms with van der Waals surface area (Å²) in [6.45, 7) is 8.73. The molecule has 0 bridgehead atoms. The standard InChI is InChI=1S/C12H24N2O3/c1-11(2,3)17-10(16)14-6-5-9(15)12(4,7-13)8-14/h9,15H,5-8,13H2,1-4H3. The molecule has 3 N–H and O–H groups in total. The summed E-state index contributed by atoms with van der Waals surface area (Å²) in [6.07, 6.45) is -0.234. The molecule has 5 nitrogen and oxygen atoms in total. The van der Waals surface area contributed by atoms with Crippen LogP contribution in [0, 0.1) is 5.41 Å². The van der Waals surface area contributed by atoms with Gasteiger partial charge in [-0.05, 0) is 27.2 Å². The Hall–Kier alpha value is -0.810. The Bertz CT molecular complexity index is 288. The topological polar surface area (TPSA) is 75.8 Å². The van der Waals surface area contributed by atoms with Crippen molar-refractivity contribution in [3.8, 4) is 0 Å². The number of hydrogen-bond acceptors (Lipinski definition) is 4. The molecule has 0 saturated carbocycles. The number of ether oxygens (including phenoxy) is 1. The highest BCUT2D eigenvalue weighted by Gasteiger charge is 2.40. The molecule has 0 spiro atoms. The van der Waals surface area contributed by atoms with Crippen LogP contribution in [-0.4, -0.2) is 47.4 Å². The van der Waals surface area contributed by atoms with Crippen molar-refractivity contribution in [1.29, 1.82) is 0 Å². The van der Waals surface area contributed by atoms with Crippen molar-refractivity contribution < 1.29 is 14.6 Å². The van der Waals surface area contributed by atoms with Crippen LogP contribution >= 0.6 is 0 Å². The molecule has 1 heterocycles. The number of likely N-dealkylation sites (tertiary alicyclic amines) is 1. The van der Waals surface area contributed by atoms with Crippen molar-refractivity contribution >= 4 is 6.09 Å². The predicted molar refractivity (Wildman–Crippen MR) is 65.6 cm³/mol. The maximum Gasteiger partial charge on any atom is 0.410 e. The Kier molecular flexibility index (Phi) is 4.04. The van der Waals surface area contributed by atoms with Gasteiger partial charge in [0.2, 0.25) is 0 Å². The van der Waals surface area contributed by atoms with Gasteiger partial charge in [0.1, 0.15) is 5.60 Å². The second kappa shape index (κ2) is 4.82. The SMILES string of the molecule is CC(C)(C)OC(=O)N1CCC(O)C(C)(CN)C1. The Labute approximate surface area is 103 Å². The Balaban J connectivity index is 2.66. The quantitative estimate of drug-likeness (QED) is 0.720. The normalized spacial score (nSPS) is 30.2. The molecule has 0 radical (unpaired) electrons. The predicted octanol–water partition coefficient (Wildman–Crippen LogP) is 0.953. The first-order valence-corrected chi connectivity index (χ1v) is 6.04. The van der Waals surface area contributed by atoms with Crippen molar-refractivity contribution in [2.75, 3.05) is 19.6 Å². The molecule has 5 heteroatoms. The third-order valence-electron chi connectivity index (χ3n) is 3.15. The van der Waals surface area contributed by atoms with Gasteiger partial charge in [-0.15, -0.1) is 0 Å². The van der Waals surface area contributed by atoms with Crippen LogP contribution in [0.4, 0.5) is 4.79 Å². The summed E-state index contributed by atoms with van der Waals surface area (Å²) >= 11 is 0. The van der Waals surface area contributed by atoms with Gasteiger partial charge in [-0.3, -0.25) is 0 Å². The highest BCUT2D eigenvalue weighted by atomic mass is 16.6. The van der Waals surface area contributed by atoms with Crippen LogP contribution in [0.25, 0.3) is 0 Å². The van der Waals surface area contributed by atoms with Gasteiger partial charge in [-0.25, -0.2) is 4.79 Å². The fraction of sp³-hybridized carbons (Fsp3) is 0.917. The Morgan fingerprint density at radius 3 is 2.65 bits per heavy atom. The minimum atomic E-state index is -0.494. The Morgan fingerprint density at radius 1 is 1.59 bits per heavy atom. The number of nitrogens with two attached hydrogens (primary N) is 1. The van der Waals surface area contributed by atoms with E-state index in [9.17, 15) is 9.90 Å². The number of aliphatic hydroxyl groups is 1. The molecule has 0 aromatic carbocycles. The lowest BCUT2D eigenvalue weighted by Crippen LogP contribution is -2.55. The average molecular weight is 244 g/mol. The van der Waals surface area contributed by atoms with Crippen LogP contribution in [0.3, 0.4) is 0 Å². The first-order chi connectivity index (χ1) is 7.68. The van der Waals surface area contributed by atoms with E-state index < -0.39 is 17.1 Å². The molecule has 2 unspecified atom stereocenters. The monoisotopic (exact) mass is 244 g/mol. The molecule has 0 aromatic heterocycles. The number of amides is 1. The first kappa shape index (κ1) is 14.3. The zero-order chi connectivity index (χ0) is 13.3. The molecule has 17 heavy (non-hydrogen) atoms. The van der Waals surface area contributed by atoms with Crippen molar-refractivity contribution in [3.63, 3.8) is 0 Å². The van der Waals surface area contributed by atoms with E-state index in [1.807, 2.05) is 27.7 Å². The summed E-state index contributed by atoms with van der Waals surface area (Å²) < 4.78 is 5.31. The van der Waals surface area contributed by atoms with E-state index in [2.05, 4.69) is 0 Å². The van der Waals surface area contributed by atoms with Crippen molar-refractivity contribution in [2.24, 2.45) is 11.1 Å². The third kappa shape index (κ3) is 3.57. The molecular formula is C12H24N2O3. The molecule has 1 aliphatic rings. The number of piperidine rings is 1. The number of carbonyl (C=O) groups excluding carboxylic acids is 1. The number of carbonyl (C=O) groups is 1. The van der Waals surface area contributed by atoms with Gasteiger partial charge in [-0.2, -0.15) is 0 Å².